The number of urea groups is 1. The highest BCUT2D eigenvalue weighted by Gasteiger charge is 2.48. The van der Waals surface area contributed by atoms with E-state index >= 15 is 0 Å². The van der Waals surface area contributed by atoms with Crippen molar-refractivity contribution in [1.29, 1.82) is 0 Å². The van der Waals surface area contributed by atoms with E-state index < -0.39 is 0 Å². The number of amides is 2. The number of carbonyl (C=O) groups is 1. The fraction of sp³-hybridized carbons (Fsp3) is 0.650. The second-order valence-corrected chi connectivity index (χ2v) is 8.10. The molecule has 2 heterocycles. The predicted molar refractivity (Wildman–Crippen MR) is 97.4 cm³/mol. The molecule has 4 rings (SSSR count). The summed E-state index contributed by atoms with van der Waals surface area (Å²) in [4.78, 5) is 14.2. The Hall–Kier alpha value is -1.59. The summed E-state index contributed by atoms with van der Waals surface area (Å²) >= 11 is 0. The van der Waals surface area contributed by atoms with Crippen LogP contribution in [0.25, 0.3) is 0 Å². The van der Waals surface area contributed by atoms with Gasteiger partial charge < -0.3 is 15.4 Å². The van der Waals surface area contributed by atoms with E-state index in [1.165, 1.54) is 12.0 Å². The highest BCUT2D eigenvalue weighted by Crippen LogP contribution is 2.46. The molecule has 0 aromatic heterocycles. The zero-order chi connectivity index (χ0) is 17.3. The van der Waals surface area contributed by atoms with Crippen LogP contribution in [0.1, 0.15) is 37.7 Å². The molecule has 2 saturated heterocycles. The molecule has 1 unspecified atom stereocenters. The second-order valence-electron chi connectivity index (χ2n) is 8.10. The molecule has 2 aliphatic heterocycles. The molecule has 0 bridgehead atoms. The Morgan fingerprint density at radius 2 is 1.96 bits per heavy atom. The van der Waals surface area contributed by atoms with E-state index in [1.54, 1.807) is 0 Å². The molecule has 1 spiro atoms. The van der Waals surface area contributed by atoms with Crippen LogP contribution in [0, 0.1) is 5.92 Å². The van der Waals surface area contributed by atoms with Crippen molar-refractivity contribution >= 4 is 6.03 Å². The van der Waals surface area contributed by atoms with Gasteiger partial charge in [-0.2, -0.15) is 0 Å². The molecule has 2 N–H and O–H groups in total. The van der Waals surface area contributed by atoms with E-state index in [-0.39, 0.29) is 17.1 Å². The first-order chi connectivity index (χ1) is 12.1. The SMILES string of the molecule is CN(CC1CCOC1)[C@]1(c2ccccc2)CC[C@@]2(CC1)CNC(=O)N2. The van der Waals surface area contributed by atoms with Crippen molar-refractivity contribution in [1.82, 2.24) is 15.5 Å². The van der Waals surface area contributed by atoms with Crippen molar-refractivity contribution in [3.8, 4) is 0 Å². The molecule has 1 aromatic rings. The lowest BCUT2D eigenvalue weighted by Gasteiger charge is -2.50. The number of ether oxygens (including phenoxy) is 1. The zero-order valence-electron chi connectivity index (χ0n) is 15.1. The number of hydrogen-bond donors (Lipinski definition) is 2. The van der Waals surface area contributed by atoms with Gasteiger partial charge in [0.25, 0.3) is 0 Å². The first-order valence-electron chi connectivity index (χ1n) is 9.53. The van der Waals surface area contributed by atoms with Gasteiger partial charge in [-0.3, -0.25) is 4.90 Å². The van der Waals surface area contributed by atoms with Gasteiger partial charge in [0.15, 0.2) is 0 Å². The molecule has 0 radical (unpaired) electrons. The third-order valence-corrected chi connectivity index (χ3v) is 6.60. The second kappa shape index (κ2) is 6.61. The van der Waals surface area contributed by atoms with Crippen LogP contribution in [0.3, 0.4) is 0 Å². The van der Waals surface area contributed by atoms with Gasteiger partial charge in [0.2, 0.25) is 0 Å². The van der Waals surface area contributed by atoms with Crippen LogP contribution in [0.5, 0.6) is 0 Å². The normalized spacial score (nSPS) is 35.1. The zero-order valence-corrected chi connectivity index (χ0v) is 15.1. The van der Waals surface area contributed by atoms with Crippen LogP contribution in [0.15, 0.2) is 30.3 Å². The Labute approximate surface area is 150 Å². The number of nitrogens with zero attached hydrogens (tertiary/aromatic N) is 1. The summed E-state index contributed by atoms with van der Waals surface area (Å²) in [6.45, 7) is 3.63. The minimum absolute atomic E-state index is 0.0105. The molecule has 3 aliphatic rings. The van der Waals surface area contributed by atoms with Crippen molar-refractivity contribution < 1.29 is 9.53 Å². The molecule has 25 heavy (non-hydrogen) atoms. The molecule has 1 aromatic carbocycles. The Bertz CT molecular complexity index is 605. The van der Waals surface area contributed by atoms with Gasteiger partial charge in [-0.05, 0) is 50.6 Å². The minimum Gasteiger partial charge on any atom is -0.381 e. The van der Waals surface area contributed by atoms with E-state index in [1.807, 2.05) is 0 Å². The van der Waals surface area contributed by atoms with Crippen LogP contribution >= 0.6 is 0 Å². The molecule has 3 fully saturated rings. The van der Waals surface area contributed by atoms with E-state index in [4.69, 9.17) is 4.74 Å². The molecule has 1 aliphatic carbocycles. The lowest BCUT2D eigenvalue weighted by molar-refractivity contribution is 0.0319. The van der Waals surface area contributed by atoms with Gasteiger partial charge in [0.1, 0.15) is 0 Å². The Balaban J connectivity index is 1.56. The van der Waals surface area contributed by atoms with Crippen LogP contribution < -0.4 is 10.6 Å². The monoisotopic (exact) mass is 343 g/mol. The fourth-order valence-electron chi connectivity index (χ4n) is 4.95. The van der Waals surface area contributed by atoms with E-state index in [0.29, 0.717) is 5.92 Å². The van der Waals surface area contributed by atoms with Crippen molar-refractivity contribution in [2.24, 2.45) is 5.92 Å². The lowest BCUT2D eigenvalue weighted by Crippen LogP contribution is -2.55. The minimum atomic E-state index is -0.0489. The Kier molecular flexibility index (Phi) is 4.46. The van der Waals surface area contributed by atoms with E-state index in [2.05, 4.69) is 52.9 Å². The van der Waals surface area contributed by atoms with Crippen LogP contribution in [-0.4, -0.2) is 49.8 Å². The van der Waals surface area contributed by atoms with Crippen molar-refractivity contribution in [2.45, 2.75) is 43.2 Å². The topological polar surface area (TPSA) is 53.6 Å². The van der Waals surface area contributed by atoms with Crippen LogP contribution in [0.4, 0.5) is 4.79 Å². The summed E-state index contributed by atoms with van der Waals surface area (Å²) in [5.41, 5.74) is 1.42. The summed E-state index contributed by atoms with van der Waals surface area (Å²) in [5, 5.41) is 6.14. The summed E-state index contributed by atoms with van der Waals surface area (Å²) in [6.07, 6.45) is 5.35. The van der Waals surface area contributed by atoms with Gasteiger partial charge in [-0.25, -0.2) is 4.79 Å². The summed E-state index contributed by atoms with van der Waals surface area (Å²) < 4.78 is 5.59. The molecule has 2 amide bonds. The predicted octanol–water partition coefficient (Wildman–Crippen LogP) is 2.48. The fourth-order valence-corrected chi connectivity index (χ4v) is 4.95. The number of nitrogens with one attached hydrogen (secondary N) is 2. The highest BCUT2D eigenvalue weighted by molar-refractivity contribution is 5.77. The van der Waals surface area contributed by atoms with Gasteiger partial charge >= 0.3 is 6.03 Å². The van der Waals surface area contributed by atoms with Gasteiger partial charge in [-0.1, -0.05) is 30.3 Å². The van der Waals surface area contributed by atoms with Crippen molar-refractivity contribution in [3.63, 3.8) is 0 Å². The smallest absolute Gasteiger partial charge is 0.315 e. The highest BCUT2D eigenvalue weighted by atomic mass is 16.5. The number of carbonyl (C=O) groups excluding carboxylic acids is 1. The summed E-state index contributed by atoms with van der Waals surface area (Å²) in [5.74, 6) is 0.634. The maximum absolute atomic E-state index is 11.7. The van der Waals surface area contributed by atoms with Crippen molar-refractivity contribution in [2.75, 3.05) is 33.4 Å². The summed E-state index contributed by atoms with van der Waals surface area (Å²) in [7, 11) is 2.27. The summed E-state index contributed by atoms with van der Waals surface area (Å²) in [6, 6.07) is 10.9. The molecule has 1 saturated carbocycles. The average molecular weight is 343 g/mol. The quantitative estimate of drug-likeness (QED) is 0.883. The molecular weight excluding hydrogens is 314 g/mol. The maximum Gasteiger partial charge on any atom is 0.315 e. The van der Waals surface area contributed by atoms with Gasteiger partial charge in [0, 0.05) is 25.2 Å². The van der Waals surface area contributed by atoms with Crippen molar-refractivity contribution in [3.05, 3.63) is 35.9 Å². The van der Waals surface area contributed by atoms with Crippen LogP contribution in [0.2, 0.25) is 0 Å². The largest absolute Gasteiger partial charge is 0.381 e. The maximum atomic E-state index is 11.7. The van der Waals surface area contributed by atoms with Gasteiger partial charge in [-0.15, -0.1) is 0 Å². The van der Waals surface area contributed by atoms with E-state index in [9.17, 15) is 4.79 Å². The molecule has 5 heteroatoms. The Morgan fingerprint density at radius 1 is 1.20 bits per heavy atom. The first-order valence-corrected chi connectivity index (χ1v) is 9.53. The molecule has 1 atom stereocenters. The Morgan fingerprint density at radius 3 is 2.56 bits per heavy atom. The van der Waals surface area contributed by atoms with Crippen LogP contribution in [-0.2, 0) is 10.3 Å². The number of benzene rings is 1. The molecular formula is C20H29N3O2. The standard InChI is InChI=1S/C20H29N3O2/c1-23(13-16-7-12-25-14-16)20(17-5-3-2-4-6-17)10-8-19(9-11-20)15-21-18(24)22-19/h2-6,16H,7-15H2,1H3,(H2,21,22,24)/t16?,19-,20-. The lowest BCUT2D eigenvalue weighted by atomic mass is 9.68. The molecule has 5 nitrogen and oxygen atoms in total. The van der Waals surface area contributed by atoms with E-state index in [0.717, 1.165) is 52.0 Å². The number of hydrogen-bond acceptors (Lipinski definition) is 3. The average Bonchev–Trinajstić information content (AvgIpc) is 3.27. The third kappa shape index (κ3) is 3.15. The first kappa shape index (κ1) is 16.9. The number of rotatable bonds is 4. The van der Waals surface area contributed by atoms with Gasteiger partial charge in [0.05, 0.1) is 12.1 Å². The molecule has 136 valence electrons. The third-order valence-electron chi connectivity index (χ3n) is 6.60.